The molecule has 1 aliphatic heterocycles. The average Bonchev–Trinajstić information content (AvgIpc) is 2.20. The molecule has 2 N–H and O–H groups in total. The van der Waals surface area contributed by atoms with Crippen molar-refractivity contribution in [3.63, 3.8) is 0 Å². The molecular formula is C9H15N3O2. The molecule has 2 heterocycles. The van der Waals surface area contributed by atoms with E-state index in [1.165, 1.54) is 10.6 Å². The van der Waals surface area contributed by atoms with E-state index in [1.807, 2.05) is 13.8 Å². The lowest BCUT2D eigenvalue weighted by atomic mass is 10.3. The third kappa shape index (κ3) is 2.04. The normalized spacial score (nSPS) is 13.3. The monoisotopic (exact) mass is 197 g/mol. The molecule has 5 nitrogen and oxygen atoms in total. The molecule has 0 aromatic carbocycles. The lowest BCUT2D eigenvalue weighted by Crippen LogP contribution is -2.34. The number of H-pyrrole nitrogens is 1. The number of rotatable bonds is 0. The van der Waals surface area contributed by atoms with E-state index < -0.39 is 0 Å². The van der Waals surface area contributed by atoms with Gasteiger partial charge in [-0.15, -0.1) is 0 Å². The minimum absolute atomic E-state index is 0.329. The van der Waals surface area contributed by atoms with Gasteiger partial charge in [0, 0.05) is 19.2 Å². The highest BCUT2D eigenvalue weighted by Gasteiger charge is 2.08. The summed E-state index contributed by atoms with van der Waals surface area (Å²) in [6, 6.07) is 1.40. The highest BCUT2D eigenvalue weighted by Crippen LogP contribution is 2.06. The molecule has 0 radical (unpaired) electrons. The Labute approximate surface area is 81.8 Å². The number of anilines is 1. The summed E-state index contributed by atoms with van der Waals surface area (Å²) in [7, 11) is 0. The minimum Gasteiger partial charge on any atom is -0.371 e. The van der Waals surface area contributed by atoms with Crippen LogP contribution in [0.3, 0.4) is 0 Å². The molecular weight excluding hydrogens is 182 g/mol. The Morgan fingerprint density at radius 3 is 2.79 bits per heavy atom. The Hall–Kier alpha value is -1.52. The van der Waals surface area contributed by atoms with Crippen molar-refractivity contribution < 1.29 is 0 Å². The third-order valence-electron chi connectivity index (χ3n) is 1.90. The summed E-state index contributed by atoms with van der Waals surface area (Å²) in [4.78, 5) is 24.2. The van der Waals surface area contributed by atoms with Gasteiger partial charge in [-0.3, -0.25) is 14.3 Å². The summed E-state index contributed by atoms with van der Waals surface area (Å²) in [5.74, 6) is 0.620. The number of fused-ring (bicyclic) bond motifs is 1. The first-order valence-corrected chi connectivity index (χ1v) is 4.85. The average molecular weight is 197 g/mol. The van der Waals surface area contributed by atoms with Gasteiger partial charge in [0.25, 0.3) is 5.56 Å². The molecule has 0 atom stereocenters. The molecule has 14 heavy (non-hydrogen) atoms. The van der Waals surface area contributed by atoms with E-state index >= 15 is 0 Å². The van der Waals surface area contributed by atoms with E-state index in [0.29, 0.717) is 12.4 Å². The fourth-order valence-electron chi connectivity index (χ4n) is 1.34. The SMILES string of the molecule is CC.O=c1cc2n(c(=O)[nH]1)CCCN2. The molecule has 0 fully saturated rings. The number of aromatic nitrogens is 2. The topological polar surface area (TPSA) is 66.9 Å². The molecule has 0 amide bonds. The van der Waals surface area contributed by atoms with Gasteiger partial charge in [0.2, 0.25) is 0 Å². The van der Waals surface area contributed by atoms with Crippen molar-refractivity contribution in [2.45, 2.75) is 26.8 Å². The van der Waals surface area contributed by atoms with Crippen molar-refractivity contribution in [1.29, 1.82) is 0 Å². The van der Waals surface area contributed by atoms with Crippen molar-refractivity contribution in [3.05, 3.63) is 26.9 Å². The molecule has 1 aromatic heterocycles. The largest absolute Gasteiger partial charge is 0.371 e. The highest BCUT2D eigenvalue weighted by molar-refractivity contribution is 5.34. The van der Waals surface area contributed by atoms with Crippen molar-refractivity contribution in [2.75, 3.05) is 11.9 Å². The first kappa shape index (κ1) is 10.6. The van der Waals surface area contributed by atoms with Crippen LogP contribution >= 0.6 is 0 Å². The Morgan fingerprint density at radius 1 is 1.36 bits per heavy atom. The summed E-state index contributed by atoms with van der Waals surface area (Å²) in [5.41, 5.74) is -0.676. The van der Waals surface area contributed by atoms with E-state index in [-0.39, 0.29) is 11.2 Å². The number of aromatic amines is 1. The van der Waals surface area contributed by atoms with Gasteiger partial charge in [0.1, 0.15) is 5.82 Å². The van der Waals surface area contributed by atoms with E-state index in [4.69, 9.17) is 0 Å². The number of hydrogen-bond donors (Lipinski definition) is 2. The summed E-state index contributed by atoms with van der Waals surface area (Å²) in [5, 5.41) is 2.99. The van der Waals surface area contributed by atoms with Crippen LogP contribution in [0, 0.1) is 0 Å². The van der Waals surface area contributed by atoms with Gasteiger partial charge in [-0.25, -0.2) is 4.79 Å². The van der Waals surface area contributed by atoms with Crippen LogP contribution in [0.4, 0.5) is 5.82 Å². The molecule has 1 aromatic rings. The van der Waals surface area contributed by atoms with Crippen LogP contribution in [0.1, 0.15) is 20.3 Å². The number of nitrogens with zero attached hydrogens (tertiary/aromatic N) is 1. The molecule has 1 aliphatic rings. The van der Waals surface area contributed by atoms with E-state index in [9.17, 15) is 9.59 Å². The molecule has 0 saturated heterocycles. The second-order valence-electron chi connectivity index (χ2n) is 2.76. The first-order valence-electron chi connectivity index (χ1n) is 4.85. The molecule has 0 bridgehead atoms. The number of nitrogens with one attached hydrogen (secondary N) is 2. The van der Waals surface area contributed by atoms with Crippen molar-refractivity contribution >= 4 is 5.82 Å². The Bertz CT molecular complexity index is 405. The van der Waals surface area contributed by atoms with Crippen LogP contribution in [0.15, 0.2) is 15.7 Å². The Kier molecular flexibility index (Phi) is 3.50. The van der Waals surface area contributed by atoms with Crippen LogP contribution in [-0.2, 0) is 6.54 Å². The minimum atomic E-state index is -0.347. The molecule has 2 rings (SSSR count). The van der Waals surface area contributed by atoms with Gasteiger partial charge in [0.05, 0.1) is 0 Å². The predicted molar refractivity (Wildman–Crippen MR) is 55.8 cm³/mol. The van der Waals surface area contributed by atoms with Gasteiger partial charge in [-0.05, 0) is 6.42 Å². The maximum atomic E-state index is 11.2. The number of hydrogen-bond acceptors (Lipinski definition) is 3. The fourth-order valence-corrected chi connectivity index (χ4v) is 1.34. The molecule has 5 heteroatoms. The summed E-state index contributed by atoms with van der Waals surface area (Å²) >= 11 is 0. The summed E-state index contributed by atoms with van der Waals surface area (Å²) < 4.78 is 1.53. The lowest BCUT2D eigenvalue weighted by molar-refractivity contribution is 0.591. The maximum Gasteiger partial charge on any atom is 0.329 e. The van der Waals surface area contributed by atoms with Crippen LogP contribution in [-0.4, -0.2) is 16.1 Å². The van der Waals surface area contributed by atoms with Crippen molar-refractivity contribution in [2.24, 2.45) is 0 Å². The standard InChI is InChI=1S/C7H9N3O2.C2H6/c11-6-4-5-8-2-1-3-10(5)7(12)9-6;1-2/h4,8H,1-3H2,(H,9,11,12);1-2H3. The first-order chi connectivity index (χ1) is 6.77. The quantitative estimate of drug-likeness (QED) is 0.631. The second-order valence-corrected chi connectivity index (χ2v) is 2.76. The van der Waals surface area contributed by atoms with Crippen molar-refractivity contribution in [3.8, 4) is 0 Å². The zero-order valence-corrected chi connectivity index (χ0v) is 8.46. The van der Waals surface area contributed by atoms with Crippen LogP contribution in [0.2, 0.25) is 0 Å². The molecule has 0 spiro atoms. The van der Waals surface area contributed by atoms with E-state index in [2.05, 4.69) is 10.3 Å². The second kappa shape index (κ2) is 4.64. The van der Waals surface area contributed by atoms with Crippen LogP contribution < -0.4 is 16.6 Å². The van der Waals surface area contributed by atoms with Gasteiger partial charge >= 0.3 is 5.69 Å². The predicted octanol–water partition coefficient (Wildman–Crippen LogP) is 0.378. The van der Waals surface area contributed by atoms with Crippen LogP contribution in [0.5, 0.6) is 0 Å². The molecule has 0 aliphatic carbocycles. The molecule has 78 valence electrons. The van der Waals surface area contributed by atoms with Gasteiger partial charge in [0.15, 0.2) is 0 Å². The van der Waals surface area contributed by atoms with E-state index in [0.717, 1.165) is 13.0 Å². The van der Waals surface area contributed by atoms with Crippen molar-refractivity contribution in [1.82, 2.24) is 9.55 Å². The van der Waals surface area contributed by atoms with Gasteiger partial charge in [-0.2, -0.15) is 0 Å². The lowest BCUT2D eigenvalue weighted by Gasteiger charge is -2.18. The van der Waals surface area contributed by atoms with Gasteiger partial charge < -0.3 is 5.32 Å². The summed E-state index contributed by atoms with van der Waals surface area (Å²) in [6.45, 7) is 5.50. The molecule has 0 unspecified atom stereocenters. The Balaban J connectivity index is 0.000000461. The van der Waals surface area contributed by atoms with Crippen LogP contribution in [0.25, 0.3) is 0 Å². The maximum absolute atomic E-state index is 11.2. The smallest absolute Gasteiger partial charge is 0.329 e. The fraction of sp³-hybridized carbons (Fsp3) is 0.556. The van der Waals surface area contributed by atoms with Gasteiger partial charge in [-0.1, -0.05) is 13.8 Å². The third-order valence-corrected chi connectivity index (χ3v) is 1.90. The zero-order chi connectivity index (χ0) is 10.6. The molecule has 0 saturated carbocycles. The highest BCUT2D eigenvalue weighted by atomic mass is 16.2. The summed E-state index contributed by atoms with van der Waals surface area (Å²) in [6.07, 6.45) is 0.916. The zero-order valence-electron chi connectivity index (χ0n) is 8.46. The van der Waals surface area contributed by atoms with E-state index in [1.54, 1.807) is 0 Å². The Morgan fingerprint density at radius 2 is 2.07 bits per heavy atom.